The van der Waals surface area contributed by atoms with Gasteiger partial charge in [-0.05, 0) is 50.3 Å². The van der Waals surface area contributed by atoms with Crippen molar-refractivity contribution in [2.75, 3.05) is 6.54 Å². The molecule has 0 heterocycles. The van der Waals surface area contributed by atoms with Crippen molar-refractivity contribution in [2.45, 2.75) is 32.2 Å². The van der Waals surface area contributed by atoms with Gasteiger partial charge in [0.15, 0.2) is 0 Å². The van der Waals surface area contributed by atoms with Crippen molar-refractivity contribution >= 4 is 0 Å². The van der Waals surface area contributed by atoms with E-state index in [4.69, 9.17) is 0 Å². The lowest BCUT2D eigenvalue weighted by molar-refractivity contribution is 0.495. The van der Waals surface area contributed by atoms with E-state index in [0.717, 1.165) is 24.4 Å². The topological polar surface area (TPSA) is 12.0 Å². The van der Waals surface area contributed by atoms with E-state index in [-0.39, 0.29) is 5.82 Å². The molecule has 82 valence electrons. The van der Waals surface area contributed by atoms with Gasteiger partial charge in [-0.3, -0.25) is 0 Å². The van der Waals surface area contributed by atoms with Crippen LogP contribution in [0.3, 0.4) is 0 Å². The van der Waals surface area contributed by atoms with Crippen LogP contribution in [0, 0.1) is 11.7 Å². The monoisotopic (exact) mass is 207 g/mol. The molecule has 0 bridgehead atoms. The van der Waals surface area contributed by atoms with Gasteiger partial charge in [0.2, 0.25) is 0 Å². The third kappa shape index (κ3) is 3.03. The van der Waals surface area contributed by atoms with Gasteiger partial charge in [-0.25, -0.2) is 4.39 Å². The third-order valence-corrected chi connectivity index (χ3v) is 3.15. The molecule has 1 aliphatic rings. The summed E-state index contributed by atoms with van der Waals surface area (Å²) >= 11 is 0. The van der Waals surface area contributed by atoms with Crippen LogP contribution < -0.4 is 5.32 Å². The summed E-state index contributed by atoms with van der Waals surface area (Å²) in [6, 6.07) is 7.61. The van der Waals surface area contributed by atoms with Gasteiger partial charge in [-0.1, -0.05) is 18.2 Å². The molecule has 1 atom stereocenters. The summed E-state index contributed by atoms with van der Waals surface area (Å²) in [5, 5.41) is 3.45. The molecule has 0 aliphatic heterocycles. The molecule has 0 amide bonds. The van der Waals surface area contributed by atoms with Crippen molar-refractivity contribution in [2.24, 2.45) is 5.92 Å². The molecule has 1 aliphatic carbocycles. The predicted octanol–water partition coefficient (Wildman–Crippen LogP) is 2.76. The lowest BCUT2D eigenvalue weighted by Gasteiger charge is -2.12. The smallest absolute Gasteiger partial charge is 0.126 e. The zero-order chi connectivity index (χ0) is 10.7. The Kier molecular flexibility index (Phi) is 3.37. The summed E-state index contributed by atoms with van der Waals surface area (Å²) in [7, 11) is 0. The second kappa shape index (κ2) is 4.75. The molecule has 0 aromatic heterocycles. The fourth-order valence-electron chi connectivity index (χ4n) is 1.90. The Morgan fingerprint density at radius 3 is 2.80 bits per heavy atom. The molecule has 1 fully saturated rings. The molecule has 1 unspecified atom stereocenters. The van der Waals surface area contributed by atoms with Crippen molar-refractivity contribution < 1.29 is 4.39 Å². The molecule has 1 aromatic carbocycles. The van der Waals surface area contributed by atoms with Crippen LogP contribution in [0.1, 0.15) is 25.3 Å². The van der Waals surface area contributed by atoms with E-state index in [9.17, 15) is 4.39 Å². The highest BCUT2D eigenvalue weighted by molar-refractivity contribution is 5.17. The summed E-state index contributed by atoms with van der Waals surface area (Å²) in [5.41, 5.74) is 0.813. The third-order valence-electron chi connectivity index (χ3n) is 3.15. The van der Waals surface area contributed by atoms with Gasteiger partial charge in [0.25, 0.3) is 0 Å². The van der Waals surface area contributed by atoms with Gasteiger partial charge in [0.1, 0.15) is 5.82 Å². The van der Waals surface area contributed by atoms with Crippen LogP contribution in [0.15, 0.2) is 24.3 Å². The molecule has 1 nitrogen and oxygen atoms in total. The van der Waals surface area contributed by atoms with Crippen molar-refractivity contribution in [3.05, 3.63) is 35.6 Å². The molecule has 2 rings (SSSR count). The van der Waals surface area contributed by atoms with Crippen molar-refractivity contribution in [3.8, 4) is 0 Å². The molecule has 1 N–H and O–H groups in total. The number of hydrogen-bond acceptors (Lipinski definition) is 1. The van der Waals surface area contributed by atoms with E-state index in [0.29, 0.717) is 6.04 Å². The number of nitrogens with one attached hydrogen (secondary N) is 1. The number of hydrogen-bond donors (Lipinski definition) is 1. The van der Waals surface area contributed by atoms with Gasteiger partial charge in [-0.2, -0.15) is 0 Å². The minimum absolute atomic E-state index is 0.0848. The van der Waals surface area contributed by atoms with Crippen LogP contribution in [-0.4, -0.2) is 12.6 Å². The van der Waals surface area contributed by atoms with E-state index in [1.807, 2.05) is 12.1 Å². The molecule has 0 radical (unpaired) electrons. The quantitative estimate of drug-likeness (QED) is 0.783. The molecule has 1 aromatic rings. The first kappa shape index (κ1) is 10.6. The molecule has 0 spiro atoms. The Labute approximate surface area is 90.7 Å². The second-order valence-electron chi connectivity index (χ2n) is 4.42. The van der Waals surface area contributed by atoms with Crippen LogP contribution >= 0.6 is 0 Å². The standard InChI is InChI=1S/C13H18FN/c1-10(11-6-7-11)15-9-8-12-4-2-3-5-13(12)14/h2-5,10-11,15H,6-9H2,1H3. The Morgan fingerprint density at radius 2 is 2.13 bits per heavy atom. The van der Waals surface area contributed by atoms with Crippen molar-refractivity contribution in [1.29, 1.82) is 0 Å². The van der Waals surface area contributed by atoms with Gasteiger partial charge in [0, 0.05) is 6.04 Å². The van der Waals surface area contributed by atoms with E-state index >= 15 is 0 Å². The van der Waals surface area contributed by atoms with Crippen LogP contribution in [-0.2, 0) is 6.42 Å². The minimum Gasteiger partial charge on any atom is -0.314 e. The Hall–Kier alpha value is -0.890. The first-order chi connectivity index (χ1) is 7.27. The molecule has 15 heavy (non-hydrogen) atoms. The number of halogens is 1. The molecule has 0 saturated heterocycles. The minimum atomic E-state index is -0.0848. The molecule has 2 heteroatoms. The Balaban J connectivity index is 1.75. The van der Waals surface area contributed by atoms with E-state index in [1.54, 1.807) is 6.07 Å². The normalized spacial score (nSPS) is 17.7. The van der Waals surface area contributed by atoms with E-state index in [2.05, 4.69) is 12.2 Å². The molecular formula is C13H18FN. The lowest BCUT2D eigenvalue weighted by Crippen LogP contribution is -2.29. The molecular weight excluding hydrogens is 189 g/mol. The average Bonchev–Trinajstić information content (AvgIpc) is 3.04. The Bertz CT molecular complexity index is 320. The van der Waals surface area contributed by atoms with Gasteiger partial charge in [-0.15, -0.1) is 0 Å². The van der Waals surface area contributed by atoms with Crippen molar-refractivity contribution in [3.63, 3.8) is 0 Å². The zero-order valence-corrected chi connectivity index (χ0v) is 9.17. The SMILES string of the molecule is CC(NCCc1ccccc1F)C1CC1. The summed E-state index contributed by atoms with van der Waals surface area (Å²) in [5.74, 6) is 0.781. The highest BCUT2D eigenvalue weighted by atomic mass is 19.1. The van der Waals surface area contributed by atoms with Crippen molar-refractivity contribution in [1.82, 2.24) is 5.32 Å². The maximum absolute atomic E-state index is 13.3. The highest BCUT2D eigenvalue weighted by Gasteiger charge is 2.27. The summed E-state index contributed by atoms with van der Waals surface area (Å²) in [4.78, 5) is 0. The van der Waals surface area contributed by atoms with Crippen LogP contribution in [0.4, 0.5) is 4.39 Å². The summed E-state index contributed by atoms with van der Waals surface area (Å²) in [6.07, 6.45) is 3.49. The van der Waals surface area contributed by atoms with Gasteiger partial charge < -0.3 is 5.32 Å². The first-order valence-electron chi connectivity index (χ1n) is 5.74. The number of rotatable bonds is 5. The predicted molar refractivity (Wildman–Crippen MR) is 60.3 cm³/mol. The fourth-order valence-corrected chi connectivity index (χ4v) is 1.90. The lowest BCUT2D eigenvalue weighted by atomic mass is 10.1. The van der Waals surface area contributed by atoms with Gasteiger partial charge in [0.05, 0.1) is 0 Å². The van der Waals surface area contributed by atoms with Gasteiger partial charge >= 0.3 is 0 Å². The summed E-state index contributed by atoms with van der Waals surface area (Å²) < 4.78 is 13.3. The Morgan fingerprint density at radius 1 is 1.40 bits per heavy atom. The average molecular weight is 207 g/mol. The van der Waals surface area contributed by atoms with E-state index < -0.39 is 0 Å². The summed E-state index contributed by atoms with van der Waals surface area (Å²) in [6.45, 7) is 3.09. The highest BCUT2D eigenvalue weighted by Crippen LogP contribution is 2.32. The zero-order valence-electron chi connectivity index (χ0n) is 9.17. The van der Waals surface area contributed by atoms with Crippen LogP contribution in [0.2, 0.25) is 0 Å². The molecule has 1 saturated carbocycles. The number of benzene rings is 1. The van der Waals surface area contributed by atoms with E-state index in [1.165, 1.54) is 18.9 Å². The first-order valence-corrected chi connectivity index (χ1v) is 5.74. The fraction of sp³-hybridized carbons (Fsp3) is 0.538. The van der Waals surface area contributed by atoms with Crippen LogP contribution in [0.25, 0.3) is 0 Å². The largest absolute Gasteiger partial charge is 0.314 e. The maximum atomic E-state index is 13.3. The van der Waals surface area contributed by atoms with Crippen LogP contribution in [0.5, 0.6) is 0 Å². The maximum Gasteiger partial charge on any atom is 0.126 e. The second-order valence-corrected chi connectivity index (χ2v) is 4.42.